The Kier molecular flexibility index (Phi) is 2.21. The summed E-state index contributed by atoms with van der Waals surface area (Å²) in [4.78, 5) is 6.56. The van der Waals surface area contributed by atoms with Crippen LogP contribution in [-0.2, 0) is 0 Å². The van der Waals surface area contributed by atoms with E-state index in [9.17, 15) is 0 Å². The summed E-state index contributed by atoms with van der Waals surface area (Å²) in [7, 11) is 0. The first-order chi connectivity index (χ1) is 5.86. The van der Waals surface area contributed by atoms with E-state index in [4.69, 9.17) is 0 Å². The van der Waals surface area contributed by atoms with Crippen LogP contribution in [0, 0.1) is 0 Å². The van der Waals surface area contributed by atoms with Gasteiger partial charge < -0.3 is 4.90 Å². The molecule has 0 saturated carbocycles. The maximum absolute atomic E-state index is 4.43. The number of hydrogen-bond acceptors (Lipinski definition) is 3. The Bertz CT molecular complexity index is 250. The third-order valence-electron chi connectivity index (χ3n) is 2.14. The van der Waals surface area contributed by atoms with Crippen molar-refractivity contribution in [1.82, 2.24) is 4.98 Å². The number of aromatic nitrogens is 1. The van der Waals surface area contributed by atoms with Crippen molar-refractivity contribution >= 4 is 18.4 Å². The lowest BCUT2D eigenvalue weighted by Gasteiger charge is -2.15. The van der Waals surface area contributed by atoms with E-state index in [0.717, 1.165) is 18.9 Å². The fraction of sp³-hybridized carbons (Fsp3) is 0.444. The first-order valence-corrected chi connectivity index (χ1v) is 4.72. The molecule has 1 saturated heterocycles. The van der Waals surface area contributed by atoms with Crippen LogP contribution in [0.5, 0.6) is 0 Å². The molecule has 1 aromatic rings. The van der Waals surface area contributed by atoms with Gasteiger partial charge in [-0.1, -0.05) is 6.07 Å². The van der Waals surface area contributed by atoms with Crippen molar-refractivity contribution in [2.45, 2.75) is 11.7 Å². The predicted octanol–water partition coefficient (Wildman–Crippen LogP) is 1.59. The highest BCUT2D eigenvalue weighted by Crippen LogP contribution is 2.19. The molecule has 1 atom stereocenters. The van der Waals surface area contributed by atoms with Crippen molar-refractivity contribution in [1.29, 1.82) is 0 Å². The third-order valence-corrected chi connectivity index (χ3v) is 2.56. The maximum atomic E-state index is 4.43. The summed E-state index contributed by atoms with van der Waals surface area (Å²) in [5.41, 5.74) is 0. The van der Waals surface area contributed by atoms with Crippen molar-refractivity contribution in [2.24, 2.45) is 0 Å². The summed E-state index contributed by atoms with van der Waals surface area (Å²) >= 11 is 4.43. The molecule has 1 fully saturated rings. The van der Waals surface area contributed by atoms with Crippen molar-refractivity contribution < 1.29 is 0 Å². The quantitative estimate of drug-likeness (QED) is 0.661. The minimum atomic E-state index is 0.520. The minimum Gasteiger partial charge on any atom is -0.355 e. The average molecular weight is 180 g/mol. The number of pyridine rings is 1. The van der Waals surface area contributed by atoms with E-state index in [2.05, 4.69) is 22.5 Å². The van der Waals surface area contributed by atoms with E-state index in [1.807, 2.05) is 24.4 Å². The summed E-state index contributed by atoms with van der Waals surface area (Å²) in [6.45, 7) is 2.12. The summed E-state index contributed by atoms with van der Waals surface area (Å²) in [5, 5.41) is 0.520. The number of hydrogen-bond donors (Lipinski definition) is 1. The van der Waals surface area contributed by atoms with Gasteiger partial charge in [-0.3, -0.25) is 0 Å². The van der Waals surface area contributed by atoms with Crippen LogP contribution in [0.2, 0.25) is 0 Å². The zero-order valence-electron chi connectivity index (χ0n) is 6.85. The summed E-state index contributed by atoms with van der Waals surface area (Å²) < 4.78 is 0. The molecular weight excluding hydrogens is 168 g/mol. The molecule has 2 nitrogen and oxygen atoms in total. The minimum absolute atomic E-state index is 0.520. The monoisotopic (exact) mass is 180 g/mol. The summed E-state index contributed by atoms with van der Waals surface area (Å²) in [6, 6.07) is 6.01. The van der Waals surface area contributed by atoms with E-state index >= 15 is 0 Å². The lowest BCUT2D eigenvalue weighted by molar-refractivity contribution is 0.938. The van der Waals surface area contributed by atoms with Crippen LogP contribution in [0.4, 0.5) is 5.82 Å². The fourth-order valence-electron chi connectivity index (χ4n) is 1.49. The van der Waals surface area contributed by atoms with Crippen molar-refractivity contribution in [3.05, 3.63) is 24.4 Å². The molecule has 0 bridgehead atoms. The number of thiol groups is 1. The second kappa shape index (κ2) is 3.35. The van der Waals surface area contributed by atoms with Gasteiger partial charge in [0, 0.05) is 24.5 Å². The van der Waals surface area contributed by atoms with E-state index in [1.165, 1.54) is 6.42 Å². The lowest BCUT2D eigenvalue weighted by atomic mass is 10.4. The molecule has 0 amide bonds. The van der Waals surface area contributed by atoms with Crippen LogP contribution in [0.25, 0.3) is 0 Å². The molecule has 0 radical (unpaired) electrons. The van der Waals surface area contributed by atoms with Gasteiger partial charge in [0.05, 0.1) is 0 Å². The molecule has 1 aromatic heterocycles. The van der Waals surface area contributed by atoms with Gasteiger partial charge in [0.2, 0.25) is 0 Å². The molecule has 1 aliphatic rings. The Morgan fingerprint density at radius 2 is 2.42 bits per heavy atom. The first-order valence-electron chi connectivity index (χ1n) is 4.20. The molecule has 12 heavy (non-hydrogen) atoms. The summed E-state index contributed by atoms with van der Waals surface area (Å²) in [5.74, 6) is 1.08. The van der Waals surface area contributed by atoms with Gasteiger partial charge in [-0.2, -0.15) is 12.6 Å². The highest BCUT2D eigenvalue weighted by molar-refractivity contribution is 7.81. The van der Waals surface area contributed by atoms with Crippen molar-refractivity contribution in [3.63, 3.8) is 0 Å². The molecule has 2 rings (SSSR count). The molecule has 3 heteroatoms. The van der Waals surface area contributed by atoms with Crippen LogP contribution >= 0.6 is 12.6 Å². The van der Waals surface area contributed by atoms with E-state index in [0.29, 0.717) is 5.25 Å². The van der Waals surface area contributed by atoms with Gasteiger partial charge in [0.25, 0.3) is 0 Å². The van der Waals surface area contributed by atoms with Gasteiger partial charge in [0.1, 0.15) is 5.82 Å². The van der Waals surface area contributed by atoms with Crippen LogP contribution in [0.3, 0.4) is 0 Å². The highest BCUT2D eigenvalue weighted by Gasteiger charge is 2.19. The molecule has 1 aliphatic heterocycles. The largest absolute Gasteiger partial charge is 0.355 e. The normalized spacial score (nSPS) is 23.1. The number of rotatable bonds is 1. The molecule has 1 unspecified atom stereocenters. The molecule has 0 aromatic carbocycles. The number of anilines is 1. The van der Waals surface area contributed by atoms with E-state index in [1.54, 1.807) is 0 Å². The van der Waals surface area contributed by atoms with Gasteiger partial charge >= 0.3 is 0 Å². The lowest BCUT2D eigenvalue weighted by Crippen LogP contribution is -2.20. The Morgan fingerprint density at radius 3 is 3.00 bits per heavy atom. The SMILES string of the molecule is SC1CCN(c2ccccn2)C1. The molecule has 2 heterocycles. The smallest absolute Gasteiger partial charge is 0.128 e. The zero-order chi connectivity index (χ0) is 8.39. The second-order valence-electron chi connectivity index (χ2n) is 3.08. The van der Waals surface area contributed by atoms with Crippen LogP contribution in [0.15, 0.2) is 24.4 Å². The molecule has 64 valence electrons. The van der Waals surface area contributed by atoms with Gasteiger partial charge in [-0.15, -0.1) is 0 Å². The second-order valence-corrected chi connectivity index (χ2v) is 3.81. The Hall–Kier alpha value is -0.700. The summed E-state index contributed by atoms with van der Waals surface area (Å²) in [6.07, 6.45) is 3.00. The third kappa shape index (κ3) is 1.55. The first kappa shape index (κ1) is 7.92. The molecule has 0 N–H and O–H groups in total. The number of nitrogens with zero attached hydrogens (tertiary/aromatic N) is 2. The van der Waals surface area contributed by atoms with Gasteiger partial charge in [-0.05, 0) is 18.6 Å². The predicted molar refractivity (Wildman–Crippen MR) is 53.8 cm³/mol. The standard InChI is InChI=1S/C9H12N2S/c12-8-4-6-11(7-8)9-3-1-2-5-10-9/h1-3,5,8,12H,4,6-7H2. The topological polar surface area (TPSA) is 16.1 Å². The van der Waals surface area contributed by atoms with Gasteiger partial charge in [0.15, 0.2) is 0 Å². The molecule has 0 spiro atoms. The highest BCUT2D eigenvalue weighted by atomic mass is 32.1. The fourth-order valence-corrected chi connectivity index (χ4v) is 1.80. The van der Waals surface area contributed by atoms with E-state index < -0.39 is 0 Å². The Morgan fingerprint density at radius 1 is 1.50 bits per heavy atom. The van der Waals surface area contributed by atoms with Crippen molar-refractivity contribution in [2.75, 3.05) is 18.0 Å². The Balaban J connectivity index is 2.11. The van der Waals surface area contributed by atoms with Crippen molar-refractivity contribution in [3.8, 4) is 0 Å². The molecule has 0 aliphatic carbocycles. The van der Waals surface area contributed by atoms with E-state index in [-0.39, 0.29) is 0 Å². The van der Waals surface area contributed by atoms with Crippen LogP contribution in [0.1, 0.15) is 6.42 Å². The molecular formula is C9H12N2S. The average Bonchev–Trinajstić information content (AvgIpc) is 2.54. The van der Waals surface area contributed by atoms with Crippen LogP contribution in [-0.4, -0.2) is 23.3 Å². The van der Waals surface area contributed by atoms with Crippen LogP contribution < -0.4 is 4.90 Å². The zero-order valence-corrected chi connectivity index (χ0v) is 7.74. The maximum Gasteiger partial charge on any atom is 0.128 e. The van der Waals surface area contributed by atoms with Gasteiger partial charge in [-0.25, -0.2) is 4.98 Å². The Labute approximate surface area is 78.0 Å².